The summed E-state index contributed by atoms with van der Waals surface area (Å²) in [6, 6.07) is 11.3. The molecular weight excluding hydrogens is 379 g/mol. The Labute approximate surface area is 161 Å². The number of rotatable bonds is 7. The Balaban J connectivity index is 2.03. The van der Waals surface area contributed by atoms with Gasteiger partial charge < -0.3 is 20.5 Å². The zero-order valence-electron chi connectivity index (χ0n) is 14.0. The molecule has 2 aromatic carbocycles. The van der Waals surface area contributed by atoms with Crippen LogP contribution >= 0.6 is 23.2 Å². The molecule has 0 fully saturated rings. The van der Waals surface area contributed by atoms with Gasteiger partial charge >= 0.3 is 5.97 Å². The highest BCUT2D eigenvalue weighted by Gasteiger charge is 2.21. The highest BCUT2D eigenvalue weighted by atomic mass is 35.5. The molecule has 0 bridgehead atoms. The minimum atomic E-state index is -1.04. The smallest absolute Gasteiger partial charge is 0.341 e. The van der Waals surface area contributed by atoms with Gasteiger partial charge in [0.1, 0.15) is 0 Å². The maximum atomic E-state index is 12.4. The molecule has 0 heterocycles. The molecular formula is C18H18Cl2N2O4. The van der Waals surface area contributed by atoms with Crippen molar-refractivity contribution < 1.29 is 19.4 Å². The summed E-state index contributed by atoms with van der Waals surface area (Å²) in [6.45, 7) is 1.67. The van der Waals surface area contributed by atoms with Crippen LogP contribution in [0.1, 0.15) is 17.3 Å². The highest BCUT2D eigenvalue weighted by Crippen LogP contribution is 2.25. The normalized spacial score (nSPS) is 11.5. The Morgan fingerprint density at radius 1 is 1.15 bits per heavy atom. The SMILES string of the molecule is C[C@@H](OC(=O)c1ccccc1NCCO)C(=O)Nc1ccc(Cl)cc1Cl. The third-order valence-corrected chi connectivity index (χ3v) is 3.96. The van der Waals surface area contributed by atoms with Gasteiger partial charge in [-0.3, -0.25) is 4.79 Å². The lowest BCUT2D eigenvalue weighted by atomic mass is 10.1. The average molecular weight is 397 g/mol. The quantitative estimate of drug-likeness (QED) is 0.622. The Morgan fingerprint density at radius 3 is 2.58 bits per heavy atom. The van der Waals surface area contributed by atoms with Gasteiger partial charge in [-0.15, -0.1) is 0 Å². The second kappa shape index (κ2) is 9.43. The van der Waals surface area contributed by atoms with Gasteiger partial charge in [0.05, 0.1) is 22.9 Å². The number of amides is 1. The molecule has 0 spiro atoms. The zero-order chi connectivity index (χ0) is 19.1. The number of carbonyl (C=O) groups excluding carboxylic acids is 2. The van der Waals surface area contributed by atoms with Crippen molar-refractivity contribution in [1.82, 2.24) is 0 Å². The molecule has 3 N–H and O–H groups in total. The molecule has 6 nitrogen and oxygen atoms in total. The lowest BCUT2D eigenvalue weighted by molar-refractivity contribution is -0.123. The second-order valence-electron chi connectivity index (χ2n) is 5.36. The number of carbonyl (C=O) groups is 2. The summed E-state index contributed by atoms with van der Waals surface area (Å²) in [4.78, 5) is 24.6. The first-order valence-electron chi connectivity index (χ1n) is 7.83. The van der Waals surface area contributed by atoms with Crippen LogP contribution in [0, 0.1) is 0 Å². The van der Waals surface area contributed by atoms with Crippen LogP contribution in [-0.2, 0) is 9.53 Å². The summed E-state index contributed by atoms with van der Waals surface area (Å²) < 4.78 is 5.23. The first kappa shape index (κ1) is 20.0. The minimum Gasteiger partial charge on any atom is -0.449 e. The number of halogens is 2. The molecule has 0 aliphatic rings. The van der Waals surface area contributed by atoms with E-state index < -0.39 is 18.0 Å². The molecule has 0 aliphatic heterocycles. The summed E-state index contributed by atoms with van der Waals surface area (Å²) in [5.41, 5.74) is 1.15. The van der Waals surface area contributed by atoms with Crippen molar-refractivity contribution in [1.29, 1.82) is 0 Å². The lowest BCUT2D eigenvalue weighted by Crippen LogP contribution is -2.30. The van der Waals surface area contributed by atoms with Crippen molar-refractivity contribution in [2.45, 2.75) is 13.0 Å². The maximum Gasteiger partial charge on any atom is 0.341 e. The fourth-order valence-electron chi connectivity index (χ4n) is 2.11. The van der Waals surface area contributed by atoms with Gasteiger partial charge in [-0.05, 0) is 37.3 Å². The van der Waals surface area contributed by atoms with E-state index in [1.807, 2.05) is 0 Å². The predicted octanol–water partition coefficient (Wildman–Crippen LogP) is 3.58. The molecule has 0 saturated heterocycles. The third kappa shape index (κ3) is 5.36. The van der Waals surface area contributed by atoms with Crippen LogP contribution in [-0.4, -0.2) is 36.2 Å². The first-order chi connectivity index (χ1) is 12.4. The number of aliphatic hydroxyl groups excluding tert-OH is 1. The maximum absolute atomic E-state index is 12.4. The summed E-state index contributed by atoms with van der Waals surface area (Å²) in [5.74, 6) is -1.18. The van der Waals surface area contributed by atoms with Crippen molar-refractivity contribution in [2.24, 2.45) is 0 Å². The molecule has 0 unspecified atom stereocenters. The van der Waals surface area contributed by atoms with E-state index in [0.29, 0.717) is 16.4 Å². The van der Waals surface area contributed by atoms with Crippen LogP contribution < -0.4 is 10.6 Å². The molecule has 0 aliphatic carbocycles. The molecule has 0 radical (unpaired) electrons. The van der Waals surface area contributed by atoms with Gasteiger partial charge in [0, 0.05) is 17.3 Å². The van der Waals surface area contributed by atoms with Crippen molar-refractivity contribution in [3.63, 3.8) is 0 Å². The molecule has 2 aromatic rings. The van der Waals surface area contributed by atoms with Gasteiger partial charge in [-0.25, -0.2) is 4.79 Å². The van der Waals surface area contributed by atoms with E-state index in [2.05, 4.69) is 10.6 Å². The van der Waals surface area contributed by atoms with Crippen molar-refractivity contribution in [3.05, 3.63) is 58.1 Å². The number of para-hydroxylation sites is 1. The fraction of sp³-hybridized carbons (Fsp3) is 0.222. The number of hydrogen-bond donors (Lipinski definition) is 3. The minimum absolute atomic E-state index is 0.0793. The van der Waals surface area contributed by atoms with Gasteiger partial charge in [-0.2, -0.15) is 0 Å². The molecule has 1 atom stereocenters. The molecule has 1 amide bonds. The van der Waals surface area contributed by atoms with Gasteiger partial charge in [0.2, 0.25) is 0 Å². The Kier molecular flexibility index (Phi) is 7.26. The number of anilines is 2. The van der Waals surface area contributed by atoms with E-state index in [9.17, 15) is 9.59 Å². The second-order valence-corrected chi connectivity index (χ2v) is 6.20. The van der Waals surface area contributed by atoms with Crippen molar-refractivity contribution >= 4 is 46.5 Å². The third-order valence-electron chi connectivity index (χ3n) is 3.42. The van der Waals surface area contributed by atoms with Gasteiger partial charge in [0.25, 0.3) is 5.91 Å². The summed E-state index contributed by atoms with van der Waals surface area (Å²) in [6.07, 6.45) is -1.04. The number of aliphatic hydroxyl groups is 1. The molecule has 26 heavy (non-hydrogen) atoms. The predicted molar refractivity (Wildman–Crippen MR) is 102 cm³/mol. The van der Waals surface area contributed by atoms with Crippen LogP contribution in [0.15, 0.2) is 42.5 Å². The van der Waals surface area contributed by atoms with Crippen molar-refractivity contribution in [3.8, 4) is 0 Å². The fourth-order valence-corrected chi connectivity index (χ4v) is 2.56. The molecule has 0 aromatic heterocycles. The Morgan fingerprint density at radius 2 is 1.88 bits per heavy atom. The van der Waals surface area contributed by atoms with E-state index in [-0.39, 0.29) is 23.7 Å². The molecule has 138 valence electrons. The van der Waals surface area contributed by atoms with Crippen LogP contribution in [0.5, 0.6) is 0 Å². The van der Waals surface area contributed by atoms with Crippen molar-refractivity contribution in [2.75, 3.05) is 23.8 Å². The largest absolute Gasteiger partial charge is 0.449 e. The Hall–Kier alpha value is -2.28. The summed E-state index contributed by atoms with van der Waals surface area (Å²) in [5, 5.41) is 15.1. The average Bonchev–Trinajstić information content (AvgIpc) is 2.62. The standard InChI is InChI=1S/C18H18Cl2N2O4/c1-11(17(24)22-16-7-6-12(19)10-14(16)20)26-18(25)13-4-2-3-5-15(13)21-8-9-23/h2-7,10-11,21,23H,8-9H2,1H3,(H,22,24)/t11-/m1/s1. The lowest BCUT2D eigenvalue weighted by Gasteiger charge is -2.16. The number of nitrogens with one attached hydrogen (secondary N) is 2. The molecule has 2 rings (SSSR count). The first-order valence-corrected chi connectivity index (χ1v) is 8.58. The summed E-state index contributed by atoms with van der Waals surface area (Å²) in [7, 11) is 0. The topological polar surface area (TPSA) is 87.7 Å². The van der Waals surface area contributed by atoms with Crippen LogP contribution in [0.25, 0.3) is 0 Å². The highest BCUT2D eigenvalue weighted by molar-refractivity contribution is 6.36. The van der Waals surface area contributed by atoms with E-state index in [1.54, 1.807) is 36.4 Å². The van der Waals surface area contributed by atoms with Crippen LogP contribution in [0.2, 0.25) is 10.0 Å². The molecule has 0 saturated carbocycles. The number of hydrogen-bond acceptors (Lipinski definition) is 5. The number of benzene rings is 2. The summed E-state index contributed by atoms with van der Waals surface area (Å²) >= 11 is 11.8. The van der Waals surface area contributed by atoms with Gasteiger partial charge in [0.15, 0.2) is 6.10 Å². The van der Waals surface area contributed by atoms with E-state index in [4.69, 9.17) is 33.0 Å². The zero-order valence-corrected chi connectivity index (χ0v) is 15.5. The number of esters is 1. The molecule has 8 heteroatoms. The van der Waals surface area contributed by atoms with E-state index in [0.717, 1.165) is 0 Å². The Bertz CT molecular complexity index is 799. The monoisotopic (exact) mass is 396 g/mol. The van der Waals surface area contributed by atoms with E-state index in [1.165, 1.54) is 13.0 Å². The van der Waals surface area contributed by atoms with Gasteiger partial charge in [-0.1, -0.05) is 35.3 Å². The van der Waals surface area contributed by atoms with Crippen LogP contribution in [0.3, 0.4) is 0 Å². The number of ether oxygens (including phenoxy) is 1. The van der Waals surface area contributed by atoms with Crippen LogP contribution in [0.4, 0.5) is 11.4 Å². The van der Waals surface area contributed by atoms with E-state index >= 15 is 0 Å².